The molecule has 0 aliphatic rings. The van der Waals surface area contributed by atoms with E-state index in [1.54, 1.807) is 0 Å². The van der Waals surface area contributed by atoms with E-state index in [2.05, 4.69) is 60.7 Å². The van der Waals surface area contributed by atoms with E-state index >= 15 is 0 Å². The van der Waals surface area contributed by atoms with Crippen LogP contribution in [-0.2, 0) is 0 Å². The summed E-state index contributed by atoms with van der Waals surface area (Å²) in [5.41, 5.74) is 3.60. The third kappa shape index (κ3) is 3.56. The molecule has 21 heavy (non-hydrogen) atoms. The first-order chi connectivity index (χ1) is 10.2. The SMILES string of the molecule is CCOc1ccccc1C(NC)c1ccc(N(C)C)cc1. The van der Waals surface area contributed by atoms with Gasteiger partial charge in [-0.05, 0) is 37.7 Å². The molecular formula is C18H24N2O. The zero-order chi connectivity index (χ0) is 15.2. The van der Waals surface area contributed by atoms with Crippen molar-refractivity contribution >= 4 is 5.69 Å². The summed E-state index contributed by atoms with van der Waals surface area (Å²) in [7, 11) is 6.08. The molecule has 0 bridgehead atoms. The van der Waals surface area contributed by atoms with Crippen LogP contribution < -0.4 is 15.0 Å². The van der Waals surface area contributed by atoms with E-state index < -0.39 is 0 Å². The van der Waals surface area contributed by atoms with Crippen molar-refractivity contribution in [1.82, 2.24) is 5.32 Å². The predicted octanol–water partition coefficient (Wildman–Crippen LogP) is 3.46. The first-order valence-corrected chi connectivity index (χ1v) is 7.33. The topological polar surface area (TPSA) is 24.5 Å². The molecule has 1 N–H and O–H groups in total. The number of nitrogens with zero attached hydrogens (tertiary/aromatic N) is 1. The molecular weight excluding hydrogens is 260 g/mol. The molecule has 0 saturated carbocycles. The first kappa shape index (κ1) is 15.4. The van der Waals surface area contributed by atoms with Crippen LogP contribution in [0.3, 0.4) is 0 Å². The standard InChI is InChI=1S/C18H24N2O/c1-5-21-17-9-7-6-8-16(17)18(19-2)14-10-12-15(13-11-14)20(3)4/h6-13,18-19H,5H2,1-4H3. The molecule has 0 radical (unpaired) electrons. The van der Waals surface area contributed by atoms with Gasteiger partial charge in [0.1, 0.15) is 5.75 Å². The number of ether oxygens (including phenoxy) is 1. The molecule has 1 unspecified atom stereocenters. The Kier molecular flexibility index (Phi) is 5.23. The lowest BCUT2D eigenvalue weighted by Gasteiger charge is -2.21. The van der Waals surface area contributed by atoms with Crippen LogP contribution in [-0.4, -0.2) is 27.7 Å². The summed E-state index contributed by atoms with van der Waals surface area (Å²) in [6.45, 7) is 2.68. The van der Waals surface area contributed by atoms with Crippen molar-refractivity contribution in [1.29, 1.82) is 0 Å². The van der Waals surface area contributed by atoms with Gasteiger partial charge in [0, 0.05) is 25.3 Å². The van der Waals surface area contributed by atoms with E-state index in [1.165, 1.54) is 16.8 Å². The molecule has 2 aromatic rings. The van der Waals surface area contributed by atoms with E-state index in [9.17, 15) is 0 Å². The van der Waals surface area contributed by atoms with Crippen molar-refractivity contribution in [2.75, 3.05) is 32.6 Å². The molecule has 3 nitrogen and oxygen atoms in total. The zero-order valence-corrected chi connectivity index (χ0v) is 13.3. The predicted molar refractivity (Wildman–Crippen MR) is 89.3 cm³/mol. The van der Waals surface area contributed by atoms with Gasteiger partial charge in [-0.3, -0.25) is 0 Å². The third-order valence-corrected chi connectivity index (χ3v) is 3.56. The fraction of sp³-hybridized carbons (Fsp3) is 0.333. The molecule has 0 fully saturated rings. The molecule has 0 saturated heterocycles. The molecule has 0 aliphatic carbocycles. The fourth-order valence-corrected chi connectivity index (χ4v) is 2.47. The Bertz CT molecular complexity index is 564. The Morgan fingerprint density at radius 1 is 1.05 bits per heavy atom. The fourth-order valence-electron chi connectivity index (χ4n) is 2.47. The van der Waals surface area contributed by atoms with Gasteiger partial charge in [-0.1, -0.05) is 30.3 Å². The van der Waals surface area contributed by atoms with Crippen molar-refractivity contribution in [3.8, 4) is 5.75 Å². The van der Waals surface area contributed by atoms with Gasteiger partial charge in [-0.2, -0.15) is 0 Å². The average Bonchev–Trinajstić information content (AvgIpc) is 2.50. The second kappa shape index (κ2) is 7.14. The van der Waals surface area contributed by atoms with Crippen LogP contribution in [0.2, 0.25) is 0 Å². The lowest BCUT2D eigenvalue weighted by Crippen LogP contribution is -2.19. The lowest BCUT2D eigenvalue weighted by molar-refractivity contribution is 0.334. The number of hydrogen-bond acceptors (Lipinski definition) is 3. The minimum atomic E-state index is 0.129. The van der Waals surface area contributed by atoms with Crippen LogP contribution in [0.1, 0.15) is 24.1 Å². The molecule has 1 atom stereocenters. The maximum atomic E-state index is 5.76. The van der Waals surface area contributed by atoms with Gasteiger partial charge < -0.3 is 15.0 Å². The van der Waals surface area contributed by atoms with Gasteiger partial charge in [0.15, 0.2) is 0 Å². The van der Waals surface area contributed by atoms with E-state index in [0.29, 0.717) is 6.61 Å². The molecule has 112 valence electrons. The molecule has 2 rings (SSSR count). The average molecular weight is 284 g/mol. The largest absolute Gasteiger partial charge is 0.494 e. The maximum absolute atomic E-state index is 5.76. The number of para-hydroxylation sites is 1. The summed E-state index contributed by atoms with van der Waals surface area (Å²) in [5.74, 6) is 0.941. The van der Waals surface area contributed by atoms with Gasteiger partial charge in [0.25, 0.3) is 0 Å². The summed E-state index contributed by atoms with van der Waals surface area (Å²) >= 11 is 0. The number of anilines is 1. The van der Waals surface area contributed by atoms with E-state index in [4.69, 9.17) is 4.74 Å². The summed E-state index contributed by atoms with van der Waals surface area (Å²) in [6, 6.07) is 16.9. The summed E-state index contributed by atoms with van der Waals surface area (Å²) in [6.07, 6.45) is 0. The zero-order valence-electron chi connectivity index (χ0n) is 13.3. The van der Waals surface area contributed by atoms with Gasteiger partial charge in [0.2, 0.25) is 0 Å². The Balaban J connectivity index is 2.35. The minimum Gasteiger partial charge on any atom is -0.494 e. The maximum Gasteiger partial charge on any atom is 0.124 e. The molecule has 0 heterocycles. The molecule has 2 aromatic carbocycles. The number of nitrogens with one attached hydrogen (secondary N) is 1. The highest BCUT2D eigenvalue weighted by atomic mass is 16.5. The highest BCUT2D eigenvalue weighted by Crippen LogP contribution is 2.30. The lowest BCUT2D eigenvalue weighted by atomic mass is 9.97. The first-order valence-electron chi connectivity index (χ1n) is 7.33. The van der Waals surface area contributed by atoms with Gasteiger partial charge in [0.05, 0.1) is 12.6 Å². The van der Waals surface area contributed by atoms with Crippen LogP contribution in [0.15, 0.2) is 48.5 Å². The monoisotopic (exact) mass is 284 g/mol. The van der Waals surface area contributed by atoms with Gasteiger partial charge >= 0.3 is 0 Å². The van der Waals surface area contributed by atoms with Crippen molar-refractivity contribution in [3.63, 3.8) is 0 Å². The Hall–Kier alpha value is -2.00. The summed E-state index contributed by atoms with van der Waals surface area (Å²) < 4.78 is 5.76. The number of rotatable bonds is 6. The van der Waals surface area contributed by atoms with Gasteiger partial charge in [-0.15, -0.1) is 0 Å². The highest BCUT2D eigenvalue weighted by molar-refractivity contribution is 5.49. The second-order valence-corrected chi connectivity index (χ2v) is 5.18. The highest BCUT2D eigenvalue weighted by Gasteiger charge is 2.16. The van der Waals surface area contributed by atoms with Crippen LogP contribution in [0.4, 0.5) is 5.69 Å². The van der Waals surface area contributed by atoms with Crippen LogP contribution in [0.25, 0.3) is 0 Å². The van der Waals surface area contributed by atoms with Crippen LogP contribution in [0, 0.1) is 0 Å². The smallest absolute Gasteiger partial charge is 0.124 e. The molecule has 0 aromatic heterocycles. The molecule has 0 aliphatic heterocycles. The number of benzene rings is 2. The number of hydrogen-bond donors (Lipinski definition) is 1. The van der Waals surface area contributed by atoms with Crippen LogP contribution in [0.5, 0.6) is 5.75 Å². The van der Waals surface area contributed by atoms with E-state index in [0.717, 1.165) is 5.75 Å². The van der Waals surface area contributed by atoms with Gasteiger partial charge in [-0.25, -0.2) is 0 Å². The van der Waals surface area contributed by atoms with E-state index in [-0.39, 0.29) is 6.04 Å². The van der Waals surface area contributed by atoms with E-state index in [1.807, 2.05) is 26.1 Å². The Morgan fingerprint density at radius 3 is 2.29 bits per heavy atom. The molecule has 0 spiro atoms. The molecule has 0 amide bonds. The molecule has 3 heteroatoms. The summed E-state index contributed by atoms with van der Waals surface area (Å²) in [4.78, 5) is 2.10. The van der Waals surface area contributed by atoms with Crippen molar-refractivity contribution in [3.05, 3.63) is 59.7 Å². The second-order valence-electron chi connectivity index (χ2n) is 5.18. The third-order valence-electron chi connectivity index (χ3n) is 3.56. The summed E-state index contributed by atoms with van der Waals surface area (Å²) in [5, 5.41) is 3.39. The minimum absolute atomic E-state index is 0.129. The van der Waals surface area contributed by atoms with Crippen molar-refractivity contribution in [2.24, 2.45) is 0 Å². The van der Waals surface area contributed by atoms with Crippen molar-refractivity contribution in [2.45, 2.75) is 13.0 Å². The Morgan fingerprint density at radius 2 is 1.71 bits per heavy atom. The van der Waals surface area contributed by atoms with Crippen molar-refractivity contribution < 1.29 is 4.74 Å². The normalized spacial score (nSPS) is 12.0. The Labute approximate surface area is 127 Å². The van der Waals surface area contributed by atoms with Crippen LogP contribution >= 0.6 is 0 Å². The quantitative estimate of drug-likeness (QED) is 0.879.